The van der Waals surface area contributed by atoms with E-state index in [-0.39, 0.29) is 0 Å². The third-order valence-corrected chi connectivity index (χ3v) is 19.9. The van der Waals surface area contributed by atoms with Gasteiger partial charge in [0, 0.05) is 121 Å². The van der Waals surface area contributed by atoms with E-state index in [1.807, 2.05) is 140 Å². The van der Waals surface area contributed by atoms with Crippen LogP contribution >= 0.6 is 0 Å². The van der Waals surface area contributed by atoms with Gasteiger partial charge in [0.2, 0.25) is 17.8 Å². The summed E-state index contributed by atoms with van der Waals surface area (Å²) in [7, 11) is 0. The highest BCUT2D eigenvalue weighted by atomic mass is 15.2. The van der Waals surface area contributed by atoms with Crippen LogP contribution in [-0.4, -0.2) is 63.5 Å². The van der Waals surface area contributed by atoms with Crippen LogP contribution in [0.4, 0.5) is 0 Å². The molecule has 22 rings (SSSR count). The molecule has 0 radical (unpaired) electrons. The Bertz CT molecular complexity index is 6180. The summed E-state index contributed by atoms with van der Waals surface area (Å²) in [6.07, 6.45) is 15.5. The van der Waals surface area contributed by atoms with Gasteiger partial charge in [-0.2, -0.15) is 9.97 Å². The summed E-state index contributed by atoms with van der Waals surface area (Å²) in [6.45, 7) is 0. The molecule has 0 bridgehead atoms. The van der Waals surface area contributed by atoms with E-state index >= 15 is 0 Å². The highest BCUT2D eigenvalue weighted by Crippen LogP contribution is 2.51. The van der Waals surface area contributed by atoms with Gasteiger partial charge in [0.25, 0.3) is 0 Å². The van der Waals surface area contributed by atoms with Gasteiger partial charge < -0.3 is 0 Å². The minimum Gasteiger partial charge on any atom is -0.285 e. The Morgan fingerprint density at radius 2 is 0.476 bits per heavy atom. The van der Waals surface area contributed by atoms with Crippen molar-refractivity contribution in [3.63, 3.8) is 0 Å². The fraction of sp³-hybridized carbons (Fsp3) is 0. The number of nitrogens with zero attached hydrogens (tertiary/aromatic N) is 13. The zero-order valence-electron chi connectivity index (χ0n) is 56.2. The first-order valence-corrected chi connectivity index (χ1v) is 34.8. The van der Waals surface area contributed by atoms with E-state index in [0.717, 1.165) is 111 Å². The van der Waals surface area contributed by atoms with E-state index in [1.165, 1.54) is 55.5 Å². The Morgan fingerprint density at radius 1 is 0.190 bits per heavy atom. The summed E-state index contributed by atoms with van der Waals surface area (Å²) in [5.74, 6) is 3.14. The van der Waals surface area contributed by atoms with Crippen LogP contribution in [0.3, 0.4) is 0 Å². The molecule has 19 aromatic rings. The lowest BCUT2D eigenvalue weighted by atomic mass is 9.95. The molecular weight excluding hydrogens is 1290 g/mol. The highest BCUT2D eigenvalue weighted by molar-refractivity contribution is 6.15. The summed E-state index contributed by atoms with van der Waals surface area (Å²) in [5.41, 5.74) is 29.3. The Morgan fingerprint density at radius 3 is 0.838 bits per heavy atom. The van der Waals surface area contributed by atoms with E-state index in [0.29, 0.717) is 29.5 Å². The minimum atomic E-state index is 0.572. The van der Waals surface area contributed by atoms with Gasteiger partial charge in [-0.25, -0.2) is 24.9 Å². The molecule has 490 valence electrons. The molecule has 9 heterocycles. The maximum absolute atomic E-state index is 5.10. The molecule has 13 nitrogen and oxygen atoms in total. The molecule has 13 heteroatoms. The smallest absolute Gasteiger partial charge is 0.238 e. The Balaban J connectivity index is 0.000000107. The quantitative estimate of drug-likeness (QED) is 0.151. The molecule has 0 saturated heterocycles. The molecule has 0 saturated carbocycles. The van der Waals surface area contributed by atoms with Crippen LogP contribution in [0.25, 0.3) is 196 Å². The lowest BCUT2D eigenvalue weighted by Gasteiger charge is -2.12. The van der Waals surface area contributed by atoms with Crippen LogP contribution in [0.1, 0.15) is 0 Å². The number of hydrogen-bond acceptors (Lipinski definition) is 10. The molecule has 0 aliphatic heterocycles. The van der Waals surface area contributed by atoms with E-state index in [9.17, 15) is 0 Å². The second kappa shape index (κ2) is 25.3. The van der Waals surface area contributed by atoms with Gasteiger partial charge >= 0.3 is 0 Å². The number of rotatable bonds is 7. The van der Waals surface area contributed by atoms with Crippen LogP contribution in [0.2, 0.25) is 0 Å². The van der Waals surface area contributed by atoms with Crippen molar-refractivity contribution in [3.05, 3.63) is 347 Å². The van der Waals surface area contributed by atoms with E-state index in [1.54, 1.807) is 12.4 Å². The van der Waals surface area contributed by atoms with Crippen molar-refractivity contribution in [2.45, 2.75) is 0 Å². The Hall–Kier alpha value is -14.6. The second-order valence-electron chi connectivity index (χ2n) is 25.9. The molecule has 3 aliphatic carbocycles. The van der Waals surface area contributed by atoms with Crippen molar-refractivity contribution in [2.24, 2.45) is 0 Å². The van der Waals surface area contributed by atoms with Crippen LogP contribution in [0, 0.1) is 0 Å². The highest BCUT2D eigenvalue weighted by Gasteiger charge is 2.30. The van der Waals surface area contributed by atoms with Gasteiger partial charge in [0.1, 0.15) is 0 Å². The van der Waals surface area contributed by atoms with Crippen molar-refractivity contribution in [3.8, 4) is 164 Å². The van der Waals surface area contributed by atoms with Gasteiger partial charge in [-0.3, -0.25) is 28.7 Å². The van der Waals surface area contributed by atoms with Crippen molar-refractivity contribution in [2.75, 3.05) is 0 Å². The first-order chi connectivity index (χ1) is 52.1. The average Bonchev–Trinajstić information content (AvgIpc) is 1.58. The number of pyridine rings is 3. The first kappa shape index (κ1) is 60.4. The van der Waals surface area contributed by atoms with Gasteiger partial charge in [-0.15, -0.1) is 0 Å². The van der Waals surface area contributed by atoms with Crippen LogP contribution in [0.15, 0.2) is 347 Å². The molecule has 0 N–H and O–H groups in total. The molecule has 3 aliphatic rings. The predicted molar refractivity (Wildman–Crippen MR) is 419 cm³/mol. The maximum Gasteiger partial charge on any atom is 0.238 e. The fourth-order valence-corrected chi connectivity index (χ4v) is 15.3. The summed E-state index contributed by atoms with van der Waals surface area (Å²) in [4.78, 5) is 48.5. The largest absolute Gasteiger partial charge is 0.285 e. The lowest BCUT2D eigenvalue weighted by Crippen LogP contribution is -2.05. The Kier molecular flexibility index (Phi) is 14.5. The minimum absolute atomic E-state index is 0.572. The monoisotopic (exact) mass is 1340 g/mol. The third kappa shape index (κ3) is 10.3. The van der Waals surface area contributed by atoms with Crippen molar-refractivity contribution in [1.29, 1.82) is 0 Å². The molecule has 0 fully saturated rings. The lowest BCUT2D eigenvalue weighted by molar-refractivity contribution is 0.933. The fourth-order valence-electron chi connectivity index (χ4n) is 15.3. The predicted octanol–water partition coefficient (Wildman–Crippen LogP) is 21.5. The Labute approximate surface area is 603 Å². The van der Waals surface area contributed by atoms with Gasteiger partial charge in [-0.05, 0) is 98.6 Å². The normalized spacial score (nSPS) is 11.6. The van der Waals surface area contributed by atoms with Crippen LogP contribution in [-0.2, 0) is 0 Å². The number of aromatic nitrogens is 13. The van der Waals surface area contributed by atoms with Gasteiger partial charge in [0.05, 0.1) is 45.0 Å². The zero-order valence-corrected chi connectivity index (χ0v) is 56.2. The van der Waals surface area contributed by atoms with Crippen molar-refractivity contribution < 1.29 is 0 Å². The van der Waals surface area contributed by atoms with Crippen molar-refractivity contribution in [1.82, 2.24) is 63.5 Å². The zero-order chi connectivity index (χ0) is 69.3. The van der Waals surface area contributed by atoms with E-state index < -0.39 is 0 Å². The standard InChI is InChI=1S/C35H22N4.C34H21N5.C23H14N4/c1-3-11-23(12-4-1)30-21-31(24-13-5-2-6-14-24)38-35(37-30)39-22-29-33-27(17-9-19-32(33)39)25-15-7-8-16-26(25)28-18-10-20-36-34(28)29;1-3-11-22(12-4-1)32-36-33(23-13-5-2-6-14-23)38-34(37-32)39-21-28-30-26(17-9-19-29(30)39)24-15-7-8-16-25(24)27-18-10-20-35-31(27)28;1-2-7-16-15(6-1)17-8-3-10-20-21(17)19(22-18(16)9-4-11-24-22)14-27(20)23-25-12-5-13-26-23/h1-22H;1-21H;1-14H. The van der Waals surface area contributed by atoms with Crippen LogP contribution in [0.5, 0.6) is 0 Å². The van der Waals surface area contributed by atoms with Gasteiger partial charge in [0.15, 0.2) is 11.6 Å². The SMILES string of the molecule is c1ccc(-c2cc(-c3ccccc3)nc(-n3cc4c5c(cccc53)-c3ccccc3-c3cccnc3-4)n2)cc1.c1ccc(-c2nc(-c3ccccc3)nc(-n3cc4c5c(cccc53)-c3ccccc3-c3cccnc3-4)n2)cc1.c1cnc(-n2cc3c4c(cccc42)-c2ccccc2-c2cccnc2-3)nc1. The molecule has 9 aromatic heterocycles. The molecule has 0 atom stereocenters. The van der Waals surface area contributed by atoms with Gasteiger partial charge in [-0.1, -0.05) is 249 Å². The molecule has 0 amide bonds. The van der Waals surface area contributed by atoms with Crippen molar-refractivity contribution >= 4 is 32.7 Å². The molecular formula is C92H57N13. The molecule has 0 spiro atoms. The topological polar surface area (TPSA) is 144 Å². The van der Waals surface area contributed by atoms with E-state index in [4.69, 9.17) is 39.9 Å². The second-order valence-corrected chi connectivity index (χ2v) is 25.9. The maximum atomic E-state index is 5.10. The summed E-state index contributed by atoms with van der Waals surface area (Å²) < 4.78 is 6.26. The molecule has 0 unspecified atom stereocenters. The van der Waals surface area contributed by atoms with E-state index in [2.05, 4.69) is 218 Å². The average molecular weight is 1340 g/mol. The number of hydrogen-bond donors (Lipinski definition) is 0. The number of fused-ring (bicyclic) bond motifs is 15. The molecule has 10 aromatic carbocycles. The summed E-state index contributed by atoms with van der Waals surface area (Å²) >= 11 is 0. The van der Waals surface area contributed by atoms with Crippen LogP contribution < -0.4 is 0 Å². The summed E-state index contributed by atoms with van der Waals surface area (Å²) in [6, 6.07) is 102. The summed E-state index contributed by atoms with van der Waals surface area (Å²) in [5, 5.41) is 3.50. The first-order valence-electron chi connectivity index (χ1n) is 34.8. The third-order valence-electron chi connectivity index (χ3n) is 19.9. The molecule has 105 heavy (non-hydrogen) atoms. The number of benzene rings is 10.